The van der Waals surface area contributed by atoms with E-state index in [4.69, 9.17) is 16.3 Å². The predicted molar refractivity (Wildman–Crippen MR) is 91.3 cm³/mol. The fourth-order valence-corrected chi connectivity index (χ4v) is 3.24. The number of hydrogen-bond donors (Lipinski definition) is 1. The van der Waals surface area contributed by atoms with Gasteiger partial charge in [0.2, 0.25) is 0 Å². The number of aromatic nitrogens is 1. The number of nitrogens with zero attached hydrogens (tertiary/aromatic N) is 3. The molecule has 4 rings (SSSR count). The quantitative estimate of drug-likeness (QED) is 0.898. The molecule has 0 radical (unpaired) electrons. The van der Waals surface area contributed by atoms with Gasteiger partial charge in [0, 0.05) is 31.2 Å². The summed E-state index contributed by atoms with van der Waals surface area (Å²) in [6.07, 6.45) is 2.31. The van der Waals surface area contributed by atoms with Gasteiger partial charge in [-0.05, 0) is 34.2 Å². The van der Waals surface area contributed by atoms with Crippen molar-refractivity contribution in [3.05, 3.63) is 17.3 Å². The molecule has 1 aromatic heterocycles. The molecular weight excluding hydrogens is 316 g/mol. The second-order valence-corrected chi connectivity index (χ2v) is 7.67. The first-order valence-electron chi connectivity index (χ1n) is 7.85. The molecule has 1 N–H and O–H groups in total. The summed E-state index contributed by atoms with van der Waals surface area (Å²) in [6.45, 7) is 7.37. The number of piperidine rings is 1. The van der Waals surface area contributed by atoms with Crippen LogP contribution in [0.3, 0.4) is 0 Å². The largest absolute Gasteiger partial charge is 0.444 e. The van der Waals surface area contributed by atoms with E-state index in [9.17, 15) is 4.79 Å². The number of pyridine rings is 1. The molecule has 23 heavy (non-hydrogen) atoms. The van der Waals surface area contributed by atoms with Gasteiger partial charge in [-0.15, -0.1) is 0 Å². The number of carbonyl (C=O) groups is 1. The Kier molecular flexibility index (Phi) is 4.14. The van der Waals surface area contributed by atoms with Gasteiger partial charge in [-0.2, -0.15) is 0 Å². The van der Waals surface area contributed by atoms with Crippen LogP contribution in [0, 0.1) is 0 Å². The van der Waals surface area contributed by atoms with Crippen LogP contribution in [0.25, 0.3) is 0 Å². The minimum Gasteiger partial charge on any atom is -0.444 e. The smallest absolute Gasteiger partial charge is 0.412 e. The van der Waals surface area contributed by atoms with Gasteiger partial charge in [0.15, 0.2) is 0 Å². The number of amides is 1. The zero-order valence-corrected chi connectivity index (χ0v) is 14.7. The molecule has 4 heterocycles. The number of nitrogens with one attached hydrogen (secondary N) is 1. The molecule has 3 aliphatic rings. The maximum atomic E-state index is 11.9. The molecule has 1 amide bonds. The minimum atomic E-state index is -0.550. The van der Waals surface area contributed by atoms with Crippen molar-refractivity contribution in [2.75, 3.05) is 30.4 Å². The first kappa shape index (κ1) is 16.3. The highest BCUT2D eigenvalue weighted by Gasteiger charge is 2.42. The van der Waals surface area contributed by atoms with E-state index in [0.717, 1.165) is 18.9 Å². The first-order chi connectivity index (χ1) is 10.7. The molecule has 7 heteroatoms. The van der Waals surface area contributed by atoms with Gasteiger partial charge in [-0.25, -0.2) is 9.78 Å². The first-order valence-corrected chi connectivity index (χ1v) is 8.23. The molecule has 3 saturated heterocycles. The van der Waals surface area contributed by atoms with Gasteiger partial charge in [0.05, 0.1) is 16.9 Å². The molecule has 2 bridgehead atoms. The van der Waals surface area contributed by atoms with Gasteiger partial charge in [0.25, 0.3) is 0 Å². The average Bonchev–Trinajstić information content (AvgIpc) is 2.47. The van der Waals surface area contributed by atoms with Gasteiger partial charge < -0.3 is 9.64 Å². The fraction of sp³-hybridized carbons (Fsp3) is 0.625. The lowest BCUT2D eigenvalue weighted by atomic mass is 9.88. The topological polar surface area (TPSA) is 57.7 Å². The van der Waals surface area contributed by atoms with Gasteiger partial charge in [0.1, 0.15) is 11.4 Å². The van der Waals surface area contributed by atoms with E-state index in [0.29, 0.717) is 22.8 Å². The lowest BCUT2D eigenvalue weighted by molar-refractivity contribution is 0.0261. The highest BCUT2D eigenvalue weighted by atomic mass is 35.5. The summed E-state index contributed by atoms with van der Waals surface area (Å²) in [5.74, 6) is 0.836. The van der Waals surface area contributed by atoms with Crippen LogP contribution in [0.2, 0.25) is 5.02 Å². The molecule has 6 nitrogen and oxygen atoms in total. The van der Waals surface area contributed by atoms with Crippen molar-refractivity contribution >= 4 is 29.2 Å². The van der Waals surface area contributed by atoms with Gasteiger partial charge in [-0.1, -0.05) is 11.6 Å². The third-order valence-corrected chi connectivity index (χ3v) is 4.66. The number of carbonyl (C=O) groups excluding carboxylic acids is 1. The second kappa shape index (κ2) is 5.83. The lowest BCUT2D eigenvalue weighted by Crippen LogP contribution is -2.67. The molecule has 0 aromatic carbocycles. The van der Waals surface area contributed by atoms with Crippen LogP contribution >= 0.6 is 11.6 Å². The van der Waals surface area contributed by atoms with Crippen molar-refractivity contribution in [2.24, 2.45) is 0 Å². The number of hydrogen-bond acceptors (Lipinski definition) is 5. The van der Waals surface area contributed by atoms with Crippen LogP contribution in [-0.4, -0.2) is 53.8 Å². The summed E-state index contributed by atoms with van der Waals surface area (Å²) >= 11 is 6.15. The summed E-state index contributed by atoms with van der Waals surface area (Å²) in [6, 6.07) is 3.00. The highest BCUT2D eigenvalue weighted by Crippen LogP contribution is 2.34. The van der Waals surface area contributed by atoms with E-state index < -0.39 is 11.7 Å². The van der Waals surface area contributed by atoms with Crippen LogP contribution in [0.1, 0.15) is 27.2 Å². The van der Waals surface area contributed by atoms with Crippen molar-refractivity contribution in [3.63, 3.8) is 0 Å². The molecule has 0 saturated carbocycles. The Balaban J connectivity index is 1.71. The molecule has 3 aliphatic heterocycles. The van der Waals surface area contributed by atoms with Crippen molar-refractivity contribution in [1.29, 1.82) is 0 Å². The van der Waals surface area contributed by atoms with Crippen LogP contribution in [0.5, 0.6) is 0 Å². The molecule has 126 valence electrons. The number of rotatable bonds is 2. The molecule has 3 fully saturated rings. The average molecular weight is 339 g/mol. The van der Waals surface area contributed by atoms with Gasteiger partial charge in [-0.3, -0.25) is 10.2 Å². The third-order valence-electron chi connectivity index (χ3n) is 4.36. The van der Waals surface area contributed by atoms with Crippen molar-refractivity contribution in [2.45, 2.75) is 44.9 Å². The molecule has 0 spiro atoms. The van der Waals surface area contributed by atoms with Crippen molar-refractivity contribution < 1.29 is 9.53 Å². The van der Waals surface area contributed by atoms with Gasteiger partial charge >= 0.3 is 6.09 Å². The Morgan fingerprint density at radius 1 is 1.39 bits per heavy atom. The monoisotopic (exact) mass is 338 g/mol. The minimum absolute atomic E-state index is 0.402. The standard InChI is InChI=1S/C16H23ClN4O2/c1-16(2,3)23-15(22)19-13-6-14(18-7-12(13)17)21-8-10-5-11(9-21)20(10)4/h6-7,10-11H,5,8-9H2,1-4H3,(H,18,19,22)/t10-,11?/m0/s1. The van der Waals surface area contributed by atoms with Crippen LogP contribution < -0.4 is 10.2 Å². The number of ether oxygens (including phenoxy) is 1. The Labute approximate surface area is 141 Å². The number of anilines is 2. The number of piperazine rings is 1. The summed E-state index contributed by atoms with van der Waals surface area (Å²) in [5, 5.41) is 3.11. The zero-order chi connectivity index (χ0) is 16.8. The predicted octanol–water partition coefficient (Wildman–Crippen LogP) is 2.97. The maximum Gasteiger partial charge on any atom is 0.412 e. The summed E-state index contributed by atoms with van der Waals surface area (Å²) in [4.78, 5) is 21.0. The zero-order valence-electron chi connectivity index (χ0n) is 14.0. The molecule has 1 unspecified atom stereocenters. The number of likely N-dealkylation sites (N-methyl/N-ethyl adjacent to an activating group) is 1. The van der Waals surface area contributed by atoms with E-state index in [1.165, 1.54) is 6.42 Å². The van der Waals surface area contributed by atoms with E-state index >= 15 is 0 Å². The second-order valence-electron chi connectivity index (χ2n) is 7.26. The third kappa shape index (κ3) is 3.53. The summed E-state index contributed by atoms with van der Waals surface area (Å²) in [7, 11) is 2.17. The Morgan fingerprint density at radius 2 is 2.04 bits per heavy atom. The number of fused-ring (bicyclic) bond motifs is 2. The van der Waals surface area contributed by atoms with E-state index in [1.54, 1.807) is 6.20 Å². The van der Waals surface area contributed by atoms with Crippen LogP contribution in [0.15, 0.2) is 12.3 Å². The van der Waals surface area contributed by atoms with Crippen molar-refractivity contribution in [3.8, 4) is 0 Å². The molecule has 1 aromatic rings. The fourth-order valence-electron chi connectivity index (χ4n) is 3.09. The summed E-state index contributed by atoms with van der Waals surface area (Å²) < 4.78 is 5.27. The van der Waals surface area contributed by atoms with E-state index in [-0.39, 0.29) is 0 Å². The SMILES string of the molecule is CN1C2C[C@H]1CN(c1cc(NC(=O)OC(C)(C)C)c(Cl)cn1)C2. The normalized spacial score (nSPS) is 24.1. The summed E-state index contributed by atoms with van der Waals surface area (Å²) in [5.41, 5.74) is -0.0240. The maximum absolute atomic E-state index is 11.9. The molecular formula is C16H23ClN4O2. The molecule has 2 atom stereocenters. The Morgan fingerprint density at radius 3 is 2.61 bits per heavy atom. The van der Waals surface area contributed by atoms with E-state index in [2.05, 4.69) is 27.1 Å². The lowest BCUT2D eigenvalue weighted by Gasteiger charge is -2.55. The Hall–Kier alpha value is -1.53. The van der Waals surface area contributed by atoms with Crippen LogP contribution in [-0.2, 0) is 4.74 Å². The van der Waals surface area contributed by atoms with Crippen LogP contribution in [0.4, 0.5) is 16.3 Å². The van der Waals surface area contributed by atoms with E-state index in [1.807, 2.05) is 26.8 Å². The highest BCUT2D eigenvalue weighted by molar-refractivity contribution is 6.33. The van der Waals surface area contributed by atoms with Crippen molar-refractivity contribution in [1.82, 2.24) is 9.88 Å². The number of halogens is 1. The molecule has 0 aliphatic carbocycles. The Bertz CT molecular complexity index is 605.